The van der Waals surface area contributed by atoms with Crippen molar-refractivity contribution in [3.8, 4) is 0 Å². The predicted molar refractivity (Wildman–Crippen MR) is 79.2 cm³/mol. The minimum atomic E-state index is -0.820. The summed E-state index contributed by atoms with van der Waals surface area (Å²) >= 11 is 1.45. The van der Waals surface area contributed by atoms with E-state index < -0.39 is 10.8 Å². The van der Waals surface area contributed by atoms with Crippen LogP contribution in [0.2, 0.25) is 0 Å². The molecule has 0 saturated heterocycles. The normalized spacial score (nSPS) is 14.9. The summed E-state index contributed by atoms with van der Waals surface area (Å²) in [5, 5.41) is 1.85. The third-order valence-electron chi connectivity index (χ3n) is 3.00. The van der Waals surface area contributed by atoms with Crippen LogP contribution in [-0.2, 0) is 17.3 Å². The van der Waals surface area contributed by atoms with Crippen LogP contribution in [0, 0.1) is 0 Å². The molecule has 0 aromatic carbocycles. The van der Waals surface area contributed by atoms with Crippen molar-refractivity contribution < 1.29 is 4.21 Å². The Hall–Kier alpha value is -1.05. The topological polar surface area (TPSA) is 54.7 Å². The van der Waals surface area contributed by atoms with Gasteiger partial charge in [0.2, 0.25) is 0 Å². The van der Waals surface area contributed by atoms with Crippen molar-refractivity contribution >= 4 is 27.1 Å². The Labute approximate surface area is 118 Å². The maximum Gasteiger partial charge on any atom is 0.258 e. The van der Waals surface area contributed by atoms with E-state index >= 15 is 0 Å². The van der Waals surface area contributed by atoms with Gasteiger partial charge in [-0.25, -0.2) is 4.98 Å². The van der Waals surface area contributed by atoms with Crippen molar-refractivity contribution in [2.75, 3.05) is 19.1 Å². The molecule has 0 amide bonds. The Kier molecular flexibility index (Phi) is 4.49. The van der Waals surface area contributed by atoms with Gasteiger partial charge in [0.1, 0.15) is 0 Å². The molecule has 2 heterocycles. The van der Waals surface area contributed by atoms with Crippen LogP contribution < -0.4 is 5.56 Å². The summed E-state index contributed by atoms with van der Waals surface area (Å²) in [5.74, 6) is 0.622. The lowest BCUT2D eigenvalue weighted by molar-refractivity contribution is 0.265. The standard InChI is InChI=1S/C12H17N3O2S2/c1-9(8-19(3)17)14(2)7-10-6-11(16)15-4-5-18-12(15)13-10/h4-6,9H,7-8H2,1-3H3/t9-,19-/m1/s1. The van der Waals surface area contributed by atoms with Gasteiger partial charge in [-0.1, -0.05) is 0 Å². The average Bonchev–Trinajstić information content (AvgIpc) is 2.76. The molecule has 0 saturated carbocycles. The summed E-state index contributed by atoms with van der Waals surface area (Å²) in [5.41, 5.74) is 0.699. The largest absolute Gasteiger partial charge is 0.297 e. The average molecular weight is 299 g/mol. The van der Waals surface area contributed by atoms with Crippen molar-refractivity contribution in [3.05, 3.63) is 33.7 Å². The van der Waals surface area contributed by atoms with Gasteiger partial charge in [-0.05, 0) is 14.0 Å². The molecular weight excluding hydrogens is 282 g/mol. The van der Waals surface area contributed by atoms with Crippen LogP contribution in [0.25, 0.3) is 4.96 Å². The smallest absolute Gasteiger partial charge is 0.258 e. The fourth-order valence-corrected chi connectivity index (χ4v) is 3.52. The van der Waals surface area contributed by atoms with Crippen LogP contribution in [0.4, 0.5) is 0 Å². The first-order chi connectivity index (χ1) is 8.97. The quantitative estimate of drug-likeness (QED) is 0.825. The van der Waals surface area contributed by atoms with Gasteiger partial charge in [-0.3, -0.25) is 18.3 Å². The molecule has 0 aliphatic carbocycles. The Morgan fingerprint density at radius 3 is 3.00 bits per heavy atom. The molecule has 2 atom stereocenters. The van der Waals surface area contributed by atoms with Crippen LogP contribution in [-0.4, -0.2) is 43.6 Å². The van der Waals surface area contributed by atoms with Crippen molar-refractivity contribution in [1.29, 1.82) is 0 Å². The fraction of sp³-hybridized carbons (Fsp3) is 0.500. The molecule has 0 spiro atoms. The highest BCUT2D eigenvalue weighted by Crippen LogP contribution is 2.09. The van der Waals surface area contributed by atoms with Gasteiger partial charge in [-0.2, -0.15) is 0 Å². The van der Waals surface area contributed by atoms with Gasteiger partial charge < -0.3 is 0 Å². The number of aromatic nitrogens is 2. The Morgan fingerprint density at radius 1 is 1.58 bits per heavy atom. The second-order valence-electron chi connectivity index (χ2n) is 4.65. The summed E-state index contributed by atoms with van der Waals surface area (Å²) in [6, 6.07) is 1.75. The molecule has 19 heavy (non-hydrogen) atoms. The van der Waals surface area contributed by atoms with Crippen molar-refractivity contribution in [2.24, 2.45) is 0 Å². The zero-order valence-corrected chi connectivity index (χ0v) is 12.8. The monoisotopic (exact) mass is 299 g/mol. The predicted octanol–water partition coefficient (Wildman–Crippen LogP) is 0.955. The zero-order valence-electron chi connectivity index (χ0n) is 11.2. The van der Waals surface area contributed by atoms with Crippen LogP contribution in [0.1, 0.15) is 12.6 Å². The Balaban J connectivity index is 2.16. The highest BCUT2D eigenvalue weighted by Gasteiger charge is 2.13. The van der Waals surface area contributed by atoms with E-state index in [1.54, 1.807) is 22.9 Å². The third-order valence-corrected chi connectivity index (χ3v) is 4.70. The van der Waals surface area contributed by atoms with Crippen LogP contribution in [0.15, 0.2) is 22.4 Å². The Morgan fingerprint density at radius 2 is 2.32 bits per heavy atom. The summed E-state index contributed by atoms with van der Waals surface area (Å²) in [6.07, 6.45) is 3.43. The lowest BCUT2D eigenvalue weighted by Crippen LogP contribution is -2.33. The number of thiazole rings is 1. The van der Waals surface area contributed by atoms with Gasteiger partial charge in [0.15, 0.2) is 4.96 Å². The number of fused-ring (bicyclic) bond motifs is 1. The van der Waals surface area contributed by atoms with E-state index in [2.05, 4.69) is 9.88 Å². The minimum absolute atomic E-state index is 0.0543. The SMILES string of the molecule is C[C@H](C[S@@](C)=O)N(C)Cc1cc(=O)n2ccsc2n1. The molecule has 104 valence electrons. The summed E-state index contributed by atoms with van der Waals surface area (Å²) in [4.78, 5) is 19.1. The van der Waals surface area contributed by atoms with E-state index in [4.69, 9.17) is 0 Å². The number of rotatable bonds is 5. The van der Waals surface area contributed by atoms with Crippen molar-refractivity contribution in [1.82, 2.24) is 14.3 Å². The summed E-state index contributed by atoms with van der Waals surface area (Å²) < 4.78 is 12.8. The molecule has 0 aliphatic rings. The molecule has 2 aromatic rings. The van der Waals surface area contributed by atoms with Gasteiger partial charge in [0.05, 0.1) is 5.69 Å². The van der Waals surface area contributed by atoms with Gasteiger partial charge in [-0.15, -0.1) is 11.3 Å². The van der Waals surface area contributed by atoms with Gasteiger partial charge in [0, 0.05) is 53.0 Å². The lowest BCUT2D eigenvalue weighted by atomic mass is 10.3. The zero-order chi connectivity index (χ0) is 14.0. The van der Waals surface area contributed by atoms with Crippen LogP contribution >= 0.6 is 11.3 Å². The maximum absolute atomic E-state index is 11.9. The van der Waals surface area contributed by atoms with E-state index in [1.807, 2.05) is 19.4 Å². The maximum atomic E-state index is 11.9. The molecule has 0 fully saturated rings. The number of hydrogen-bond donors (Lipinski definition) is 0. The number of hydrogen-bond acceptors (Lipinski definition) is 5. The van der Waals surface area contributed by atoms with E-state index in [9.17, 15) is 9.00 Å². The fourth-order valence-electron chi connectivity index (χ4n) is 1.85. The summed E-state index contributed by atoms with van der Waals surface area (Å²) in [7, 11) is 1.13. The number of nitrogens with zero attached hydrogens (tertiary/aromatic N) is 3. The molecule has 2 aromatic heterocycles. The molecule has 7 heteroatoms. The second-order valence-corrected chi connectivity index (χ2v) is 7.00. The van der Waals surface area contributed by atoms with Crippen LogP contribution in [0.3, 0.4) is 0 Å². The third kappa shape index (κ3) is 3.49. The Bertz CT molecular complexity index is 650. The van der Waals surface area contributed by atoms with E-state index in [1.165, 1.54) is 11.3 Å². The highest BCUT2D eigenvalue weighted by molar-refractivity contribution is 7.84. The van der Waals surface area contributed by atoms with Crippen molar-refractivity contribution in [3.63, 3.8) is 0 Å². The van der Waals surface area contributed by atoms with E-state index in [0.717, 1.165) is 5.69 Å². The van der Waals surface area contributed by atoms with Crippen LogP contribution in [0.5, 0.6) is 0 Å². The molecule has 0 bridgehead atoms. The van der Waals surface area contributed by atoms with E-state index in [-0.39, 0.29) is 11.6 Å². The first kappa shape index (κ1) is 14.4. The van der Waals surface area contributed by atoms with E-state index in [0.29, 0.717) is 17.3 Å². The molecule has 5 nitrogen and oxygen atoms in total. The lowest BCUT2D eigenvalue weighted by Gasteiger charge is -2.23. The molecule has 2 rings (SSSR count). The minimum Gasteiger partial charge on any atom is -0.297 e. The van der Waals surface area contributed by atoms with Crippen molar-refractivity contribution in [2.45, 2.75) is 19.5 Å². The molecule has 0 radical (unpaired) electrons. The van der Waals surface area contributed by atoms with Gasteiger partial charge in [0.25, 0.3) is 5.56 Å². The molecule has 0 N–H and O–H groups in total. The first-order valence-electron chi connectivity index (χ1n) is 5.93. The summed E-state index contributed by atoms with van der Waals surface area (Å²) in [6.45, 7) is 2.61. The second kappa shape index (κ2) is 5.94. The molecule has 0 aliphatic heterocycles. The first-order valence-corrected chi connectivity index (χ1v) is 8.54. The van der Waals surface area contributed by atoms with Gasteiger partial charge >= 0.3 is 0 Å². The molecule has 0 unspecified atom stereocenters. The molecular formula is C12H17N3O2S2. The highest BCUT2D eigenvalue weighted by atomic mass is 32.2.